The lowest BCUT2D eigenvalue weighted by Crippen LogP contribution is -2.46. The van der Waals surface area contributed by atoms with Gasteiger partial charge >= 0.3 is 5.97 Å². The number of aliphatic hydroxyl groups excluding tert-OH is 1. The number of aldehydes is 1. The number of carbonyl (C=O) groups excluding carboxylic acids is 1. The van der Waals surface area contributed by atoms with Gasteiger partial charge < -0.3 is 19.9 Å². The standard InChI is InChI=1S/C19H22N4O4S/c1-12(2)6-17(23-9-14(10-23)11-24)22-13(3)21-8-15(19(26)27)16(25)7-18-20-4-5-28-18/h4-6,8,11,14,25H,1,7,9-10H2,2-3H3,(H,26,27)/b16-15?,17-6+,21-8?,22-13?. The summed E-state index contributed by atoms with van der Waals surface area (Å²) in [4.78, 5) is 36.7. The van der Waals surface area contributed by atoms with Crippen LogP contribution >= 0.6 is 11.3 Å². The van der Waals surface area contributed by atoms with E-state index in [1.54, 1.807) is 24.6 Å². The highest BCUT2D eigenvalue weighted by atomic mass is 32.1. The highest BCUT2D eigenvalue weighted by Gasteiger charge is 2.27. The third-order valence-corrected chi connectivity index (χ3v) is 4.58. The molecule has 0 unspecified atom stereocenters. The number of aromatic nitrogens is 1. The first kappa shape index (κ1) is 21.2. The molecule has 0 amide bonds. The van der Waals surface area contributed by atoms with Crippen molar-refractivity contribution < 1.29 is 19.8 Å². The number of amidine groups is 1. The Morgan fingerprint density at radius 2 is 2.14 bits per heavy atom. The van der Waals surface area contributed by atoms with Gasteiger partial charge in [0.1, 0.15) is 29.3 Å². The van der Waals surface area contributed by atoms with E-state index >= 15 is 0 Å². The lowest BCUT2D eigenvalue weighted by molar-refractivity contribution is -0.132. The second-order valence-electron chi connectivity index (χ2n) is 6.34. The van der Waals surface area contributed by atoms with Crippen molar-refractivity contribution in [2.75, 3.05) is 13.1 Å². The molecule has 0 atom stereocenters. The van der Waals surface area contributed by atoms with Crippen LogP contribution in [-0.4, -0.2) is 57.5 Å². The minimum absolute atomic E-state index is 0.0168. The molecule has 0 saturated carbocycles. The van der Waals surface area contributed by atoms with Gasteiger partial charge in [0.2, 0.25) is 0 Å². The van der Waals surface area contributed by atoms with Crippen LogP contribution in [0, 0.1) is 5.92 Å². The van der Waals surface area contributed by atoms with E-state index in [-0.39, 0.29) is 23.7 Å². The number of carboxylic acid groups (broad SMARTS) is 1. The predicted octanol–water partition coefficient (Wildman–Crippen LogP) is 2.62. The number of aliphatic imine (C=N–C) groups is 2. The van der Waals surface area contributed by atoms with E-state index in [1.807, 2.05) is 11.8 Å². The molecule has 0 bridgehead atoms. The van der Waals surface area contributed by atoms with Gasteiger partial charge in [0.05, 0.1) is 11.4 Å². The summed E-state index contributed by atoms with van der Waals surface area (Å²) in [5.74, 6) is -0.721. The van der Waals surface area contributed by atoms with Crippen LogP contribution in [0.1, 0.15) is 18.9 Å². The number of aliphatic carboxylic acids is 1. The number of thiazole rings is 1. The number of hydrogen-bond acceptors (Lipinski definition) is 7. The third-order valence-electron chi connectivity index (χ3n) is 3.80. The smallest absolute Gasteiger partial charge is 0.340 e. The van der Waals surface area contributed by atoms with Gasteiger partial charge in [0.25, 0.3) is 0 Å². The van der Waals surface area contributed by atoms with Gasteiger partial charge in [0, 0.05) is 36.8 Å². The van der Waals surface area contributed by atoms with Crippen molar-refractivity contribution in [1.82, 2.24) is 9.88 Å². The average molecular weight is 402 g/mol. The molecular formula is C19H22N4O4S. The monoisotopic (exact) mass is 402 g/mol. The topological polar surface area (TPSA) is 115 Å². The van der Waals surface area contributed by atoms with Crippen LogP contribution in [-0.2, 0) is 16.0 Å². The molecule has 28 heavy (non-hydrogen) atoms. The Morgan fingerprint density at radius 3 is 2.68 bits per heavy atom. The van der Waals surface area contributed by atoms with Crippen LogP contribution in [0.3, 0.4) is 0 Å². The molecule has 0 aromatic carbocycles. The van der Waals surface area contributed by atoms with Crippen LogP contribution in [0.5, 0.6) is 0 Å². The summed E-state index contributed by atoms with van der Waals surface area (Å²) < 4.78 is 0. The summed E-state index contributed by atoms with van der Waals surface area (Å²) in [5, 5.41) is 21.8. The van der Waals surface area contributed by atoms with E-state index < -0.39 is 5.97 Å². The van der Waals surface area contributed by atoms with Crippen molar-refractivity contribution in [1.29, 1.82) is 0 Å². The van der Waals surface area contributed by atoms with Gasteiger partial charge in [0.15, 0.2) is 0 Å². The van der Waals surface area contributed by atoms with Crippen molar-refractivity contribution >= 4 is 35.6 Å². The Bertz CT molecular complexity index is 863. The molecule has 9 heteroatoms. The van der Waals surface area contributed by atoms with E-state index in [1.165, 1.54) is 11.3 Å². The summed E-state index contributed by atoms with van der Waals surface area (Å²) in [6.45, 7) is 8.42. The van der Waals surface area contributed by atoms with E-state index in [9.17, 15) is 19.8 Å². The Balaban J connectivity index is 2.19. The van der Waals surface area contributed by atoms with Crippen molar-refractivity contribution in [3.8, 4) is 0 Å². The lowest BCUT2D eigenvalue weighted by Gasteiger charge is -2.38. The van der Waals surface area contributed by atoms with Gasteiger partial charge in [-0.05, 0) is 19.9 Å². The summed E-state index contributed by atoms with van der Waals surface area (Å²) in [7, 11) is 0. The van der Waals surface area contributed by atoms with E-state index in [0.717, 1.165) is 18.1 Å². The molecule has 1 aromatic rings. The zero-order valence-electron chi connectivity index (χ0n) is 15.7. The minimum Gasteiger partial charge on any atom is -0.511 e. The van der Waals surface area contributed by atoms with Crippen LogP contribution in [0.15, 0.2) is 56.9 Å². The van der Waals surface area contributed by atoms with E-state index in [0.29, 0.717) is 29.8 Å². The quantitative estimate of drug-likeness (QED) is 0.172. The first-order valence-corrected chi connectivity index (χ1v) is 9.38. The zero-order valence-corrected chi connectivity index (χ0v) is 16.5. The van der Waals surface area contributed by atoms with Gasteiger partial charge in [-0.1, -0.05) is 12.2 Å². The molecule has 0 spiro atoms. The Morgan fingerprint density at radius 1 is 1.43 bits per heavy atom. The first-order valence-electron chi connectivity index (χ1n) is 8.50. The number of likely N-dealkylation sites (tertiary alicyclic amines) is 1. The van der Waals surface area contributed by atoms with Gasteiger partial charge in [-0.3, -0.25) is 0 Å². The number of carbonyl (C=O) groups is 2. The molecule has 2 rings (SSSR count). The molecule has 1 aliphatic heterocycles. The average Bonchev–Trinajstić information content (AvgIpc) is 3.05. The zero-order chi connectivity index (χ0) is 20.7. The highest BCUT2D eigenvalue weighted by Crippen LogP contribution is 2.21. The van der Waals surface area contributed by atoms with Crippen molar-refractivity contribution in [3.63, 3.8) is 0 Å². The summed E-state index contributed by atoms with van der Waals surface area (Å²) in [5.41, 5.74) is 0.470. The molecule has 1 aliphatic rings. The number of rotatable bonds is 8. The number of carboxylic acids is 1. The maximum atomic E-state index is 11.5. The molecule has 2 N–H and O–H groups in total. The normalized spacial score (nSPS) is 16.7. The van der Waals surface area contributed by atoms with Gasteiger partial charge in [-0.25, -0.2) is 19.8 Å². The molecule has 1 saturated heterocycles. The molecule has 1 fully saturated rings. The number of hydrogen-bond donors (Lipinski definition) is 2. The van der Waals surface area contributed by atoms with Crippen LogP contribution in [0.2, 0.25) is 0 Å². The maximum absolute atomic E-state index is 11.5. The fourth-order valence-corrected chi connectivity index (χ4v) is 3.01. The van der Waals surface area contributed by atoms with Gasteiger partial charge in [-0.15, -0.1) is 11.3 Å². The Hall–Kier alpha value is -3.07. The number of aliphatic hydroxyl groups is 1. The molecular weight excluding hydrogens is 380 g/mol. The lowest BCUT2D eigenvalue weighted by atomic mass is 10.0. The SMILES string of the molecule is C=C(C)/C=C(\N=C(C)N=CC(C(=O)O)=C(O)Cc1nccs1)N1CC(C=O)C1. The summed E-state index contributed by atoms with van der Waals surface area (Å²) in [6, 6.07) is 0. The fraction of sp³-hybridized carbons (Fsp3) is 0.316. The maximum Gasteiger partial charge on any atom is 0.340 e. The number of nitrogens with zero attached hydrogens (tertiary/aromatic N) is 4. The van der Waals surface area contributed by atoms with Crippen molar-refractivity contribution in [2.24, 2.45) is 15.9 Å². The predicted molar refractivity (Wildman–Crippen MR) is 109 cm³/mol. The molecule has 0 radical (unpaired) electrons. The Labute approximate surface area is 167 Å². The summed E-state index contributed by atoms with van der Waals surface area (Å²) >= 11 is 1.32. The molecule has 8 nitrogen and oxygen atoms in total. The van der Waals surface area contributed by atoms with Crippen LogP contribution in [0.4, 0.5) is 0 Å². The first-order chi connectivity index (χ1) is 13.3. The van der Waals surface area contributed by atoms with Crippen molar-refractivity contribution in [2.45, 2.75) is 20.3 Å². The minimum atomic E-state index is -1.29. The van der Waals surface area contributed by atoms with Crippen LogP contribution in [0.25, 0.3) is 0 Å². The van der Waals surface area contributed by atoms with E-state index in [2.05, 4.69) is 21.5 Å². The van der Waals surface area contributed by atoms with Crippen molar-refractivity contribution in [3.05, 3.63) is 52.0 Å². The molecule has 0 aliphatic carbocycles. The third kappa shape index (κ3) is 5.98. The number of allylic oxidation sites excluding steroid dienone is 3. The molecule has 148 valence electrons. The van der Waals surface area contributed by atoms with Crippen LogP contribution < -0.4 is 0 Å². The Kier molecular flexibility index (Phi) is 7.39. The molecule has 1 aromatic heterocycles. The highest BCUT2D eigenvalue weighted by molar-refractivity contribution is 7.09. The second kappa shape index (κ2) is 9.75. The second-order valence-corrected chi connectivity index (χ2v) is 7.31. The summed E-state index contributed by atoms with van der Waals surface area (Å²) in [6.07, 6.45) is 5.36. The van der Waals surface area contributed by atoms with Gasteiger partial charge in [-0.2, -0.15) is 0 Å². The largest absolute Gasteiger partial charge is 0.511 e. The van der Waals surface area contributed by atoms with E-state index in [4.69, 9.17) is 0 Å². The molecule has 2 heterocycles. The fourth-order valence-electron chi connectivity index (χ4n) is 2.38.